The normalized spacial score (nSPS) is 16.4. The van der Waals surface area contributed by atoms with E-state index < -0.39 is 6.10 Å². The van der Waals surface area contributed by atoms with Crippen LogP contribution in [0, 0.1) is 6.92 Å². The van der Waals surface area contributed by atoms with Gasteiger partial charge in [-0.3, -0.25) is 4.79 Å². The van der Waals surface area contributed by atoms with Crippen LogP contribution in [0.25, 0.3) is 0 Å². The molecule has 1 aliphatic heterocycles. The number of carbonyl (C=O) groups excluding carboxylic acids is 1. The summed E-state index contributed by atoms with van der Waals surface area (Å²) >= 11 is 3.41. The van der Waals surface area contributed by atoms with Crippen molar-refractivity contribution in [3.05, 3.63) is 58.1 Å². The maximum absolute atomic E-state index is 12.3. The van der Waals surface area contributed by atoms with E-state index in [4.69, 9.17) is 4.74 Å². The van der Waals surface area contributed by atoms with Crippen LogP contribution in [0.4, 0.5) is 5.69 Å². The summed E-state index contributed by atoms with van der Waals surface area (Å²) < 4.78 is 6.68. The van der Waals surface area contributed by atoms with E-state index in [0.29, 0.717) is 6.42 Å². The molecule has 0 fully saturated rings. The number of aryl methyl sites for hydroxylation is 1. The molecule has 20 heavy (non-hydrogen) atoms. The van der Waals surface area contributed by atoms with Crippen molar-refractivity contribution in [2.24, 2.45) is 0 Å². The van der Waals surface area contributed by atoms with Gasteiger partial charge in [-0.15, -0.1) is 0 Å². The van der Waals surface area contributed by atoms with E-state index in [0.717, 1.165) is 27.0 Å². The molecule has 0 radical (unpaired) electrons. The Labute approximate surface area is 126 Å². The Hall–Kier alpha value is -1.81. The lowest BCUT2D eigenvalue weighted by Crippen LogP contribution is -2.31. The Morgan fingerprint density at radius 3 is 2.85 bits per heavy atom. The van der Waals surface area contributed by atoms with Crippen LogP contribution in [-0.4, -0.2) is 12.0 Å². The summed E-state index contributed by atoms with van der Waals surface area (Å²) in [4.78, 5) is 12.3. The van der Waals surface area contributed by atoms with Gasteiger partial charge in [0.2, 0.25) is 0 Å². The molecule has 0 saturated heterocycles. The lowest BCUT2D eigenvalue weighted by Gasteiger charge is -2.13. The predicted molar refractivity (Wildman–Crippen MR) is 82.1 cm³/mol. The second-order valence-electron chi connectivity index (χ2n) is 4.87. The van der Waals surface area contributed by atoms with E-state index in [-0.39, 0.29) is 5.91 Å². The van der Waals surface area contributed by atoms with Gasteiger partial charge in [-0.25, -0.2) is 0 Å². The van der Waals surface area contributed by atoms with Gasteiger partial charge in [0.15, 0.2) is 6.10 Å². The molecular formula is C16H14BrNO2. The fourth-order valence-electron chi connectivity index (χ4n) is 2.31. The second kappa shape index (κ2) is 5.29. The minimum Gasteiger partial charge on any atom is -0.480 e. The predicted octanol–water partition coefficient (Wildman–Crippen LogP) is 3.70. The van der Waals surface area contributed by atoms with E-state index >= 15 is 0 Å². The number of benzene rings is 2. The fraction of sp³-hybridized carbons (Fsp3) is 0.188. The minimum absolute atomic E-state index is 0.105. The summed E-state index contributed by atoms with van der Waals surface area (Å²) in [7, 11) is 0. The van der Waals surface area contributed by atoms with Crippen molar-refractivity contribution in [1.82, 2.24) is 0 Å². The SMILES string of the molecule is Cc1cc(Br)ccc1NC(=O)C1Cc2ccccc2O1. The first kappa shape index (κ1) is 13.2. The number of carbonyl (C=O) groups is 1. The molecule has 102 valence electrons. The van der Waals surface area contributed by atoms with Gasteiger partial charge >= 0.3 is 0 Å². The molecule has 0 spiro atoms. The number of nitrogens with one attached hydrogen (secondary N) is 1. The molecule has 1 atom stereocenters. The van der Waals surface area contributed by atoms with Gasteiger partial charge in [0.05, 0.1) is 0 Å². The molecule has 0 bridgehead atoms. The van der Waals surface area contributed by atoms with Gasteiger partial charge in [-0.1, -0.05) is 34.1 Å². The zero-order chi connectivity index (χ0) is 14.1. The summed E-state index contributed by atoms with van der Waals surface area (Å²) in [5.41, 5.74) is 2.92. The minimum atomic E-state index is -0.449. The molecule has 3 nitrogen and oxygen atoms in total. The second-order valence-corrected chi connectivity index (χ2v) is 5.78. The number of para-hydroxylation sites is 1. The first-order valence-electron chi connectivity index (χ1n) is 6.45. The van der Waals surface area contributed by atoms with Gasteiger partial charge in [0.1, 0.15) is 5.75 Å². The van der Waals surface area contributed by atoms with Crippen molar-refractivity contribution >= 4 is 27.5 Å². The molecule has 2 aromatic rings. The van der Waals surface area contributed by atoms with Crippen LogP contribution in [0.15, 0.2) is 46.9 Å². The lowest BCUT2D eigenvalue weighted by molar-refractivity contribution is -0.122. The molecule has 1 unspecified atom stereocenters. The van der Waals surface area contributed by atoms with Gasteiger partial charge < -0.3 is 10.1 Å². The van der Waals surface area contributed by atoms with E-state index in [1.165, 1.54) is 0 Å². The van der Waals surface area contributed by atoms with Gasteiger partial charge in [-0.2, -0.15) is 0 Å². The number of hydrogen-bond acceptors (Lipinski definition) is 2. The van der Waals surface area contributed by atoms with Crippen LogP contribution >= 0.6 is 15.9 Å². The van der Waals surface area contributed by atoms with E-state index in [1.807, 2.05) is 49.4 Å². The highest BCUT2D eigenvalue weighted by Crippen LogP contribution is 2.29. The summed E-state index contributed by atoms with van der Waals surface area (Å²) in [6.45, 7) is 1.96. The molecular weight excluding hydrogens is 318 g/mol. The highest BCUT2D eigenvalue weighted by Gasteiger charge is 2.28. The molecule has 0 saturated carbocycles. The molecule has 2 aromatic carbocycles. The number of rotatable bonds is 2. The first-order chi connectivity index (χ1) is 9.63. The maximum atomic E-state index is 12.3. The molecule has 0 aromatic heterocycles. The number of amides is 1. The Kier molecular flexibility index (Phi) is 3.49. The number of hydrogen-bond donors (Lipinski definition) is 1. The van der Waals surface area contributed by atoms with Crippen LogP contribution in [-0.2, 0) is 11.2 Å². The number of anilines is 1. The van der Waals surface area contributed by atoms with Crippen molar-refractivity contribution in [1.29, 1.82) is 0 Å². The van der Waals surface area contributed by atoms with Gasteiger partial charge in [0.25, 0.3) is 5.91 Å². The highest BCUT2D eigenvalue weighted by atomic mass is 79.9. The van der Waals surface area contributed by atoms with Crippen molar-refractivity contribution in [3.8, 4) is 5.75 Å². The number of ether oxygens (including phenoxy) is 1. The molecule has 1 aliphatic rings. The van der Waals surface area contributed by atoms with Crippen LogP contribution < -0.4 is 10.1 Å². The summed E-state index contributed by atoms with van der Waals surface area (Å²) in [5, 5.41) is 2.93. The Balaban J connectivity index is 1.72. The summed E-state index contributed by atoms with van der Waals surface area (Å²) in [5.74, 6) is 0.701. The third-order valence-corrected chi connectivity index (χ3v) is 3.88. The molecule has 4 heteroatoms. The first-order valence-corrected chi connectivity index (χ1v) is 7.24. The van der Waals surface area contributed by atoms with Crippen LogP contribution in [0.3, 0.4) is 0 Å². The molecule has 1 N–H and O–H groups in total. The van der Waals surface area contributed by atoms with E-state index in [9.17, 15) is 4.79 Å². The van der Waals surface area contributed by atoms with Gasteiger partial charge in [0, 0.05) is 16.6 Å². The third-order valence-electron chi connectivity index (χ3n) is 3.39. The van der Waals surface area contributed by atoms with Crippen molar-refractivity contribution < 1.29 is 9.53 Å². The third kappa shape index (κ3) is 2.56. The Bertz CT molecular complexity index is 644. The monoisotopic (exact) mass is 331 g/mol. The smallest absolute Gasteiger partial charge is 0.265 e. The van der Waals surface area contributed by atoms with Crippen LogP contribution in [0.2, 0.25) is 0 Å². The Morgan fingerprint density at radius 1 is 1.30 bits per heavy atom. The topological polar surface area (TPSA) is 38.3 Å². The average Bonchev–Trinajstić information content (AvgIpc) is 2.86. The average molecular weight is 332 g/mol. The largest absolute Gasteiger partial charge is 0.480 e. The van der Waals surface area contributed by atoms with Crippen molar-refractivity contribution in [3.63, 3.8) is 0 Å². The number of halogens is 1. The van der Waals surface area contributed by atoms with Crippen LogP contribution in [0.5, 0.6) is 5.75 Å². The van der Waals surface area contributed by atoms with E-state index in [1.54, 1.807) is 0 Å². The van der Waals surface area contributed by atoms with Crippen LogP contribution in [0.1, 0.15) is 11.1 Å². The maximum Gasteiger partial charge on any atom is 0.265 e. The zero-order valence-electron chi connectivity index (χ0n) is 11.0. The summed E-state index contributed by atoms with van der Waals surface area (Å²) in [6, 6.07) is 13.5. The zero-order valence-corrected chi connectivity index (χ0v) is 12.6. The molecule has 0 aliphatic carbocycles. The Morgan fingerprint density at radius 2 is 2.10 bits per heavy atom. The quantitative estimate of drug-likeness (QED) is 0.911. The van der Waals surface area contributed by atoms with Crippen molar-refractivity contribution in [2.75, 3.05) is 5.32 Å². The number of fused-ring (bicyclic) bond motifs is 1. The standard InChI is InChI=1S/C16H14BrNO2/c1-10-8-12(17)6-7-13(10)18-16(19)15-9-11-4-2-3-5-14(11)20-15/h2-8,15H,9H2,1H3,(H,18,19). The van der Waals surface area contributed by atoms with Gasteiger partial charge in [-0.05, 0) is 42.3 Å². The van der Waals surface area contributed by atoms with E-state index in [2.05, 4.69) is 21.2 Å². The van der Waals surface area contributed by atoms with Crippen molar-refractivity contribution in [2.45, 2.75) is 19.4 Å². The lowest BCUT2D eigenvalue weighted by atomic mass is 10.1. The molecule has 3 rings (SSSR count). The molecule has 1 heterocycles. The molecule has 1 amide bonds. The highest BCUT2D eigenvalue weighted by molar-refractivity contribution is 9.10. The summed E-state index contributed by atoms with van der Waals surface area (Å²) in [6.07, 6.45) is 0.174. The fourth-order valence-corrected chi connectivity index (χ4v) is 2.78.